The third-order valence-corrected chi connectivity index (χ3v) is 7.45. The highest BCUT2D eigenvalue weighted by Crippen LogP contribution is 2.34. The maximum Gasteiger partial charge on any atom is 0.416 e. The Hall–Kier alpha value is -2.81. The molecule has 2 aromatic carbocycles. The Morgan fingerprint density at radius 1 is 0.971 bits per heavy atom. The molecular formula is C25H28F3NO4S. The lowest BCUT2D eigenvalue weighted by Crippen LogP contribution is -2.18. The number of carbonyl (C=O) groups excluding carboxylic acids is 1. The number of unbranched alkanes of at least 4 members (excludes halogenated alkanes) is 1. The van der Waals surface area contributed by atoms with E-state index in [1.54, 1.807) is 12.1 Å². The van der Waals surface area contributed by atoms with Crippen LogP contribution in [0.15, 0.2) is 53.4 Å². The number of rotatable bonds is 7. The Morgan fingerprint density at radius 3 is 2.29 bits per heavy atom. The van der Waals surface area contributed by atoms with Crippen LogP contribution in [0.1, 0.15) is 56.9 Å². The summed E-state index contributed by atoms with van der Waals surface area (Å²) in [6.07, 6.45) is -3.17. The van der Waals surface area contributed by atoms with E-state index < -0.39 is 21.8 Å². The first-order chi connectivity index (χ1) is 15.7. The number of nitrogens with zero attached hydrogens (tertiary/aromatic N) is 1. The van der Waals surface area contributed by atoms with Crippen molar-refractivity contribution in [3.63, 3.8) is 0 Å². The number of benzene rings is 2. The molecule has 0 N–H and O–H groups in total. The predicted octanol–water partition coefficient (Wildman–Crippen LogP) is 6.08. The van der Waals surface area contributed by atoms with Gasteiger partial charge in [-0.2, -0.15) is 13.2 Å². The molecule has 0 fully saturated rings. The van der Waals surface area contributed by atoms with E-state index in [2.05, 4.69) is 4.74 Å². The van der Waals surface area contributed by atoms with Crippen LogP contribution in [-0.4, -0.2) is 25.5 Å². The number of hydrogen-bond acceptors (Lipinski definition) is 4. The number of aromatic nitrogens is 1. The van der Waals surface area contributed by atoms with E-state index >= 15 is 0 Å². The number of methoxy groups -OCH3 is 1. The van der Waals surface area contributed by atoms with Crippen LogP contribution >= 0.6 is 0 Å². The molecule has 3 rings (SSSR count). The predicted molar refractivity (Wildman–Crippen MR) is 124 cm³/mol. The van der Waals surface area contributed by atoms with E-state index in [4.69, 9.17) is 0 Å². The van der Waals surface area contributed by atoms with Crippen LogP contribution < -0.4 is 0 Å². The largest absolute Gasteiger partial charge is 0.469 e. The van der Waals surface area contributed by atoms with Gasteiger partial charge in [-0.3, -0.25) is 4.79 Å². The zero-order valence-corrected chi connectivity index (χ0v) is 20.4. The molecule has 0 radical (unpaired) electrons. The quantitative estimate of drug-likeness (QED) is 0.294. The fourth-order valence-electron chi connectivity index (χ4n) is 3.79. The summed E-state index contributed by atoms with van der Waals surface area (Å²) in [5, 5.41) is 0.188. The van der Waals surface area contributed by atoms with Gasteiger partial charge in [0.1, 0.15) is 0 Å². The first-order valence-corrected chi connectivity index (χ1v) is 12.3. The number of carbonyl (C=O) groups is 1. The summed E-state index contributed by atoms with van der Waals surface area (Å²) in [6, 6.07) is 11.1. The van der Waals surface area contributed by atoms with Crippen molar-refractivity contribution in [3.05, 3.63) is 65.4 Å². The monoisotopic (exact) mass is 495 g/mol. The van der Waals surface area contributed by atoms with Gasteiger partial charge in [-0.1, -0.05) is 32.9 Å². The minimum Gasteiger partial charge on any atom is -0.469 e. The molecule has 0 bridgehead atoms. The molecule has 0 aliphatic rings. The van der Waals surface area contributed by atoms with Crippen molar-refractivity contribution in [2.24, 2.45) is 0 Å². The second-order valence-corrected chi connectivity index (χ2v) is 11.0. The number of halogens is 3. The van der Waals surface area contributed by atoms with Crippen LogP contribution in [0.4, 0.5) is 13.2 Å². The second kappa shape index (κ2) is 9.44. The van der Waals surface area contributed by atoms with E-state index in [0.29, 0.717) is 18.5 Å². The third kappa shape index (κ3) is 5.46. The van der Waals surface area contributed by atoms with Crippen LogP contribution in [0, 0.1) is 0 Å². The van der Waals surface area contributed by atoms with Crippen LogP contribution in [0.5, 0.6) is 0 Å². The molecule has 1 heterocycles. The fourth-order valence-corrected chi connectivity index (χ4v) is 5.40. The van der Waals surface area contributed by atoms with Crippen LogP contribution in [-0.2, 0) is 37.6 Å². The lowest BCUT2D eigenvalue weighted by Gasteiger charge is -2.20. The molecular weight excluding hydrogens is 467 g/mol. The van der Waals surface area contributed by atoms with Gasteiger partial charge in [0, 0.05) is 17.5 Å². The molecule has 3 aromatic rings. The lowest BCUT2D eigenvalue weighted by molar-refractivity contribution is -0.140. The minimum absolute atomic E-state index is 0.0631. The van der Waals surface area contributed by atoms with Gasteiger partial charge in [0.15, 0.2) is 0 Å². The maximum absolute atomic E-state index is 13.7. The summed E-state index contributed by atoms with van der Waals surface area (Å²) in [6.45, 7) is 5.90. The maximum atomic E-state index is 13.7. The highest BCUT2D eigenvalue weighted by molar-refractivity contribution is 7.90. The number of esters is 1. The Balaban J connectivity index is 2.12. The van der Waals surface area contributed by atoms with Gasteiger partial charge in [-0.25, -0.2) is 12.4 Å². The molecule has 0 atom stereocenters. The molecule has 5 nitrogen and oxygen atoms in total. The van der Waals surface area contributed by atoms with Gasteiger partial charge in [-0.05, 0) is 66.6 Å². The molecule has 0 unspecified atom stereocenters. The number of alkyl halides is 3. The van der Waals surface area contributed by atoms with Crippen LogP contribution in [0.2, 0.25) is 0 Å². The van der Waals surface area contributed by atoms with E-state index in [9.17, 15) is 26.4 Å². The molecule has 0 aliphatic heterocycles. The van der Waals surface area contributed by atoms with Gasteiger partial charge < -0.3 is 4.74 Å². The average molecular weight is 496 g/mol. The van der Waals surface area contributed by atoms with Crippen LogP contribution in [0.3, 0.4) is 0 Å². The van der Waals surface area contributed by atoms with Crippen molar-refractivity contribution in [2.75, 3.05) is 7.11 Å². The van der Waals surface area contributed by atoms with E-state index in [0.717, 1.165) is 21.7 Å². The normalized spacial score (nSPS) is 12.8. The summed E-state index contributed by atoms with van der Waals surface area (Å²) in [4.78, 5) is 11.5. The summed E-state index contributed by atoms with van der Waals surface area (Å²) >= 11 is 0. The summed E-state index contributed by atoms with van der Waals surface area (Å²) < 4.78 is 73.0. The first-order valence-electron chi connectivity index (χ1n) is 10.9. The van der Waals surface area contributed by atoms with Crippen molar-refractivity contribution in [1.29, 1.82) is 0 Å². The molecule has 0 spiro atoms. The summed E-state index contributed by atoms with van der Waals surface area (Å²) in [7, 11) is -2.81. The van der Waals surface area contributed by atoms with E-state index in [-0.39, 0.29) is 40.0 Å². The second-order valence-electron chi connectivity index (χ2n) is 9.24. The van der Waals surface area contributed by atoms with E-state index in [1.807, 2.05) is 26.8 Å². The van der Waals surface area contributed by atoms with Gasteiger partial charge in [0.2, 0.25) is 0 Å². The zero-order valence-electron chi connectivity index (χ0n) is 19.6. The SMILES string of the molecule is COC(=O)CCCCc1cc2cc(C(F)(F)F)ccc2n1S(=O)(=O)c1cccc(C(C)(C)C)c1. The molecule has 0 saturated heterocycles. The Labute approximate surface area is 197 Å². The van der Waals surface area contributed by atoms with Gasteiger partial charge in [0.25, 0.3) is 10.0 Å². The van der Waals surface area contributed by atoms with Crippen molar-refractivity contribution >= 4 is 26.9 Å². The topological polar surface area (TPSA) is 65.4 Å². The van der Waals surface area contributed by atoms with Crippen LogP contribution in [0.25, 0.3) is 10.9 Å². The number of aryl methyl sites for hydroxylation is 1. The fraction of sp³-hybridized carbons (Fsp3) is 0.400. The van der Waals surface area contributed by atoms with E-state index in [1.165, 1.54) is 25.3 Å². The summed E-state index contributed by atoms with van der Waals surface area (Å²) in [5.74, 6) is -0.373. The molecule has 0 amide bonds. The smallest absolute Gasteiger partial charge is 0.416 e. The number of ether oxygens (including phenoxy) is 1. The molecule has 9 heteroatoms. The molecule has 1 aromatic heterocycles. The van der Waals surface area contributed by atoms with Crippen molar-refractivity contribution in [2.45, 2.75) is 62.9 Å². The Kier molecular flexibility index (Phi) is 7.17. The van der Waals surface area contributed by atoms with Gasteiger partial charge in [0.05, 0.1) is 23.1 Å². The van der Waals surface area contributed by atoms with Crippen molar-refractivity contribution in [1.82, 2.24) is 3.97 Å². The molecule has 0 saturated carbocycles. The number of hydrogen-bond donors (Lipinski definition) is 0. The number of fused-ring (bicyclic) bond motifs is 1. The third-order valence-electron chi connectivity index (χ3n) is 5.69. The van der Waals surface area contributed by atoms with Gasteiger partial charge in [-0.15, -0.1) is 0 Å². The highest BCUT2D eigenvalue weighted by Gasteiger charge is 2.32. The van der Waals surface area contributed by atoms with Crippen molar-refractivity contribution in [3.8, 4) is 0 Å². The Morgan fingerprint density at radius 2 is 1.68 bits per heavy atom. The van der Waals surface area contributed by atoms with Gasteiger partial charge >= 0.3 is 12.1 Å². The van der Waals surface area contributed by atoms with Crippen molar-refractivity contribution < 1.29 is 31.1 Å². The molecule has 0 aliphatic carbocycles. The molecule has 184 valence electrons. The average Bonchev–Trinajstić information content (AvgIpc) is 3.13. The summed E-state index contributed by atoms with van der Waals surface area (Å²) in [5.41, 5.74) is 0.228. The lowest BCUT2D eigenvalue weighted by atomic mass is 9.87. The highest BCUT2D eigenvalue weighted by atomic mass is 32.2. The first kappa shape index (κ1) is 25.8. The zero-order chi connectivity index (χ0) is 25.3. The molecule has 34 heavy (non-hydrogen) atoms. The standard InChI is InChI=1S/C25H28F3NO4S/c1-24(2,3)18-8-7-10-21(16-18)34(31,32)29-20(9-5-6-11-23(30)33-4)15-17-14-19(25(26,27)28)12-13-22(17)29/h7-8,10,12-16H,5-6,9,11H2,1-4H3. The minimum atomic E-state index is -4.54. The Bertz CT molecular complexity index is 1300.